The molecule has 20 nitrogen and oxygen atoms in total. The molecule has 1 aliphatic heterocycles. The molecule has 1 saturated carbocycles. The van der Waals surface area contributed by atoms with Crippen molar-refractivity contribution in [3.05, 3.63) is 215 Å². The van der Waals surface area contributed by atoms with Gasteiger partial charge in [0.1, 0.15) is 56.9 Å². The molecule has 7 N–H and O–H groups in total. The van der Waals surface area contributed by atoms with Gasteiger partial charge in [-0.15, -0.1) is 0 Å². The number of rotatable bonds is 25. The number of carbonyl (C=O) groups is 5. The van der Waals surface area contributed by atoms with E-state index in [1.165, 1.54) is 0 Å². The van der Waals surface area contributed by atoms with Gasteiger partial charge < -0.3 is 74.7 Å². The van der Waals surface area contributed by atoms with E-state index in [1.54, 1.807) is 60.7 Å². The molecule has 5 amide bonds. The normalized spacial score (nSPS) is 21.6. The lowest BCUT2D eigenvalue weighted by Crippen LogP contribution is -2.74. The minimum atomic E-state index is -1.92. The average molecular weight is 1120 g/mol. The largest absolute Gasteiger partial charge is 0.445 e. The van der Waals surface area contributed by atoms with Crippen LogP contribution in [0.4, 0.5) is 19.2 Å². The van der Waals surface area contributed by atoms with Gasteiger partial charge in [-0.25, -0.2) is 19.2 Å². The summed E-state index contributed by atoms with van der Waals surface area (Å²) in [6, 6.07) is 50.4. The molecule has 1 heterocycles. The molecular formula is C62H69N5O15. The van der Waals surface area contributed by atoms with E-state index >= 15 is 0 Å². The lowest BCUT2D eigenvalue weighted by Gasteiger charge is -2.49. The third kappa shape index (κ3) is 18.9. The van der Waals surface area contributed by atoms with Gasteiger partial charge in [0, 0.05) is 19.5 Å². The topological polar surface area (TPSA) is 260 Å². The van der Waals surface area contributed by atoms with Crippen molar-refractivity contribution in [1.29, 1.82) is 0 Å². The first kappa shape index (κ1) is 59.7. The minimum Gasteiger partial charge on any atom is -0.445 e. The average Bonchev–Trinajstić information content (AvgIpc) is 3.08. The summed E-state index contributed by atoms with van der Waals surface area (Å²) in [5, 5.41) is 38.7. The Bertz CT molecular complexity index is 2880. The highest BCUT2D eigenvalue weighted by Gasteiger charge is 2.54. The number of nitrogens with one attached hydrogen (secondary N) is 5. The van der Waals surface area contributed by atoms with Crippen LogP contribution < -0.4 is 26.6 Å². The maximum atomic E-state index is 14.7. The molecule has 82 heavy (non-hydrogen) atoms. The molecular weight excluding hydrogens is 1050 g/mol. The second-order valence-corrected chi connectivity index (χ2v) is 19.6. The zero-order valence-electron chi connectivity index (χ0n) is 45.1. The smallest absolute Gasteiger partial charge is 0.407 e. The van der Waals surface area contributed by atoms with Crippen LogP contribution in [0.5, 0.6) is 0 Å². The lowest BCUT2D eigenvalue weighted by molar-refractivity contribution is -0.269. The molecule has 6 aromatic rings. The fourth-order valence-electron chi connectivity index (χ4n) is 9.31. The number of aliphatic hydroxyl groups is 2. The SMILES string of the molecule is O=C(NCC[C@@H](OCc1ccccc1)C(=O)N[C@@H]1C(OCc2ccccc2)[C@H](NC(=O)OCc2ccccc2)C(O[C@@H]2OC(CNC(=O)OCc3ccccc3)CCC2NC(=O)OCc2ccccc2)C(O)[C@@H]1O)OCc1ccccc1. The molecule has 2 fully saturated rings. The lowest BCUT2D eigenvalue weighted by atomic mass is 9.80. The molecule has 432 valence electrons. The number of ether oxygens (including phenoxy) is 8. The second kappa shape index (κ2) is 31.6. The van der Waals surface area contributed by atoms with E-state index < -0.39 is 91.3 Å². The third-order valence-electron chi connectivity index (χ3n) is 13.6. The van der Waals surface area contributed by atoms with Crippen LogP contribution in [0.2, 0.25) is 0 Å². The van der Waals surface area contributed by atoms with Crippen LogP contribution in [0, 0.1) is 0 Å². The Kier molecular flexibility index (Phi) is 23.0. The zero-order chi connectivity index (χ0) is 57.3. The van der Waals surface area contributed by atoms with E-state index in [1.807, 2.05) is 121 Å². The van der Waals surface area contributed by atoms with Gasteiger partial charge in [-0.05, 0) is 46.2 Å². The summed E-state index contributed by atoms with van der Waals surface area (Å²) in [6.45, 7) is -0.457. The van der Waals surface area contributed by atoms with Crippen molar-refractivity contribution in [1.82, 2.24) is 26.6 Å². The number of alkyl carbamates (subject to hydrolysis) is 4. The van der Waals surface area contributed by atoms with Crippen LogP contribution in [-0.4, -0.2) is 115 Å². The van der Waals surface area contributed by atoms with Gasteiger partial charge in [-0.3, -0.25) is 4.79 Å². The highest BCUT2D eigenvalue weighted by Crippen LogP contribution is 2.32. The molecule has 10 atom stereocenters. The first-order chi connectivity index (χ1) is 40.0. The Morgan fingerprint density at radius 2 is 0.890 bits per heavy atom. The monoisotopic (exact) mass is 1120 g/mol. The summed E-state index contributed by atoms with van der Waals surface area (Å²) in [5.74, 6) is -0.753. The van der Waals surface area contributed by atoms with Crippen molar-refractivity contribution < 1.29 is 72.1 Å². The van der Waals surface area contributed by atoms with Gasteiger partial charge in [0.15, 0.2) is 6.29 Å². The number of hydrogen-bond donors (Lipinski definition) is 7. The third-order valence-corrected chi connectivity index (χ3v) is 13.6. The second-order valence-electron chi connectivity index (χ2n) is 19.6. The molecule has 1 saturated heterocycles. The summed E-state index contributed by atoms with van der Waals surface area (Å²) in [6.07, 6.45) is -13.1. The van der Waals surface area contributed by atoms with Gasteiger partial charge in [-0.1, -0.05) is 182 Å². The maximum absolute atomic E-state index is 14.7. The van der Waals surface area contributed by atoms with Crippen LogP contribution in [0.15, 0.2) is 182 Å². The summed E-state index contributed by atoms with van der Waals surface area (Å²) < 4.78 is 48.2. The van der Waals surface area contributed by atoms with Crippen LogP contribution in [0.25, 0.3) is 0 Å². The molecule has 0 radical (unpaired) electrons. The van der Waals surface area contributed by atoms with E-state index in [4.69, 9.17) is 37.9 Å². The van der Waals surface area contributed by atoms with Crippen LogP contribution in [0.1, 0.15) is 52.6 Å². The number of hydrogen-bond acceptors (Lipinski definition) is 15. The summed E-state index contributed by atoms with van der Waals surface area (Å²) in [7, 11) is 0. The first-order valence-corrected chi connectivity index (χ1v) is 27.2. The molecule has 0 spiro atoms. The van der Waals surface area contributed by atoms with E-state index in [0.29, 0.717) is 17.5 Å². The van der Waals surface area contributed by atoms with Gasteiger partial charge >= 0.3 is 24.4 Å². The van der Waals surface area contributed by atoms with Crippen molar-refractivity contribution in [3.8, 4) is 0 Å². The molecule has 0 bridgehead atoms. The number of carbonyl (C=O) groups excluding carboxylic acids is 5. The van der Waals surface area contributed by atoms with Crippen LogP contribution in [-0.2, 0) is 82.3 Å². The van der Waals surface area contributed by atoms with E-state index in [2.05, 4.69) is 26.6 Å². The van der Waals surface area contributed by atoms with E-state index in [9.17, 15) is 34.2 Å². The quantitative estimate of drug-likeness (QED) is 0.0282. The van der Waals surface area contributed by atoms with Crippen molar-refractivity contribution >= 4 is 30.3 Å². The molecule has 0 aromatic heterocycles. The van der Waals surface area contributed by atoms with Gasteiger partial charge in [0.25, 0.3) is 0 Å². The molecule has 5 unspecified atom stereocenters. The van der Waals surface area contributed by atoms with E-state index in [-0.39, 0.29) is 65.6 Å². The van der Waals surface area contributed by atoms with Crippen LogP contribution in [0.3, 0.4) is 0 Å². The van der Waals surface area contributed by atoms with Gasteiger partial charge in [0.2, 0.25) is 5.91 Å². The van der Waals surface area contributed by atoms with Crippen LogP contribution >= 0.6 is 0 Å². The number of aliphatic hydroxyl groups excluding tert-OH is 2. The minimum absolute atomic E-state index is 0.0161. The highest BCUT2D eigenvalue weighted by molar-refractivity contribution is 5.81. The Morgan fingerprint density at radius 1 is 0.463 bits per heavy atom. The summed E-state index contributed by atoms with van der Waals surface area (Å²) in [4.78, 5) is 68.2. The molecule has 6 aromatic carbocycles. The number of amides is 5. The molecule has 2 aliphatic rings. The number of benzene rings is 6. The predicted octanol–water partition coefficient (Wildman–Crippen LogP) is 7.10. The van der Waals surface area contributed by atoms with Gasteiger partial charge in [-0.2, -0.15) is 0 Å². The standard InChI is InChI=1S/C62H69N5O15/c68-53-51(66-57(70)50(75-36-42-19-7-1-8-20-42)33-34-63-59(71)77-38-44-23-11-3-12-24-44)55(76-37-43-21-9-2-10-22-43)52(67-62(74)80-41-47-29-17-6-18-30-47)56(54(53)69)82-58-49(65-61(73)79-40-46-27-15-5-16-28-46)32-31-48(81-58)35-64-60(72)78-39-45-25-13-4-14-26-45/h1-30,48-56,58,68-69H,31-41H2,(H,63,71)(H,64,72)(H,65,73)(H,66,70)(H,67,74)/t48?,49?,50-,51+,52+,53-,54?,55?,56?,58+/m1/s1. The zero-order valence-corrected chi connectivity index (χ0v) is 45.1. The summed E-state index contributed by atoms with van der Waals surface area (Å²) >= 11 is 0. The van der Waals surface area contributed by atoms with E-state index in [0.717, 1.165) is 22.3 Å². The predicted molar refractivity (Wildman–Crippen MR) is 298 cm³/mol. The van der Waals surface area contributed by atoms with Crippen molar-refractivity contribution in [2.24, 2.45) is 0 Å². The van der Waals surface area contributed by atoms with Gasteiger partial charge in [0.05, 0.1) is 37.4 Å². The molecule has 8 rings (SSSR count). The maximum Gasteiger partial charge on any atom is 0.407 e. The molecule has 20 heteroatoms. The summed E-state index contributed by atoms with van der Waals surface area (Å²) in [5.41, 5.74) is 4.38. The van der Waals surface area contributed by atoms with Crippen molar-refractivity contribution in [2.45, 2.75) is 120 Å². The fraction of sp³-hybridized carbons (Fsp3) is 0.339. The Morgan fingerprint density at radius 3 is 1.38 bits per heavy atom. The first-order valence-electron chi connectivity index (χ1n) is 27.2. The fourth-order valence-corrected chi connectivity index (χ4v) is 9.31. The van der Waals surface area contributed by atoms with Crippen molar-refractivity contribution in [2.75, 3.05) is 13.1 Å². The molecule has 1 aliphatic carbocycles. The Hall–Kier alpha value is -8.37. The van der Waals surface area contributed by atoms with Crippen molar-refractivity contribution in [3.63, 3.8) is 0 Å². The highest BCUT2D eigenvalue weighted by atomic mass is 16.7. The Balaban J connectivity index is 1.06. The Labute approximate surface area is 475 Å².